The average molecular weight is 582 g/mol. The fraction of sp³-hybridized carbons (Fsp3) is 0.625. The van der Waals surface area contributed by atoms with Crippen LogP contribution in [0.3, 0.4) is 0 Å². The number of likely N-dealkylation sites (tertiary alicyclic amines) is 1. The van der Waals surface area contributed by atoms with Crippen molar-refractivity contribution in [2.75, 3.05) is 58.9 Å². The van der Waals surface area contributed by atoms with E-state index in [1.807, 2.05) is 17.0 Å². The maximum Gasteiger partial charge on any atom is 0.272 e. The molecule has 1 amide bonds. The Hall–Kier alpha value is -2.76. The second kappa shape index (κ2) is 15.1. The van der Waals surface area contributed by atoms with Crippen molar-refractivity contribution >= 4 is 11.6 Å². The molecule has 230 valence electrons. The zero-order valence-electron chi connectivity index (χ0n) is 25.3. The number of pyridine rings is 1. The first-order valence-electron chi connectivity index (χ1n) is 15.4. The first-order valence-corrected chi connectivity index (χ1v) is 15.4. The largest absolute Gasteiger partial charge is 0.481 e. The molecule has 4 atom stereocenters. The van der Waals surface area contributed by atoms with Crippen molar-refractivity contribution in [1.82, 2.24) is 20.7 Å². The SMILES string of the molecule is COc1cc(NCC2CCCC(c3ccc(C)cc3)O2)cc(C(=O)N2CCC(NNCC3CCOCC3OC)CC2)n1. The monoisotopic (exact) mass is 581 g/mol. The number of nitrogens with zero attached hydrogens (tertiary/aromatic N) is 2. The minimum Gasteiger partial charge on any atom is -0.481 e. The van der Waals surface area contributed by atoms with Gasteiger partial charge < -0.3 is 29.2 Å². The fourth-order valence-electron chi connectivity index (χ4n) is 6.10. The molecule has 42 heavy (non-hydrogen) atoms. The van der Waals surface area contributed by atoms with E-state index in [-0.39, 0.29) is 24.2 Å². The van der Waals surface area contributed by atoms with Crippen LogP contribution in [0.4, 0.5) is 5.69 Å². The van der Waals surface area contributed by atoms with E-state index in [1.165, 1.54) is 11.1 Å². The third kappa shape index (κ3) is 8.20. The molecule has 2 aromatic rings. The number of ether oxygens (including phenoxy) is 4. The molecule has 3 N–H and O–H groups in total. The van der Waals surface area contributed by atoms with Gasteiger partial charge in [-0.25, -0.2) is 4.98 Å². The molecule has 3 aliphatic heterocycles. The van der Waals surface area contributed by atoms with E-state index < -0.39 is 0 Å². The Balaban J connectivity index is 1.10. The Morgan fingerprint density at radius 1 is 1.05 bits per heavy atom. The van der Waals surface area contributed by atoms with Crippen LogP contribution in [0, 0.1) is 12.8 Å². The van der Waals surface area contributed by atoms with Crippen LogP contribution in [0.15, 0.2) is 36.4 Å². The third-order valence-electron chi connectivity index (χ3n) is 8.76. The average Bonchev–Trinajstić information content (AvgIpc) is 3.04. The molecule has 4 unspecified atom stereocenters. The number of hydrazine groups is 1. The van der Waals surface area contributed by atoms with Gasteiger partial charge in [0.05, 0.1) is 32.0 Å². The number of anilines is 1. The van der Waals surface area contributed by atoms with Gasteiger partial charge in [-0.1, -0.05) is 29.8 Å². The highest BCUT2D eigenvalue weighted by atomic mass is 16.5. The molecule has 1 aromatic heterocycles. The molecule has 3 saturated heterocycles. The third-order valence-corrected chi connectivity index (χ3v) is 8.76. The van der Waals surface area contributed by atoms with Gasteiger partial charge >= 0.3 is 0 Å². The first-order chi connectivity index (χ1) is 20.5. The summed E-state index contributed by atoms with van der Waals surface area (Å²) in [5, 5.41) is 3.48. The van der Waals surface area contributed by atoms with Crippen LogP contribution in [-0.4, -0.2) is 87.7 Å². The molecule has 3 fully saturated rings. The van der Waals surface area contributed by atoms with Crippen molar-refractivity contribution in [1.29, 1.82) is 0 Å². The Labute approximate surface area is 249 Å². The molecule has 3 aliphatic rings. The topological polar surface area (TPSA) is 106 Å². The summed E-state index contributed by atoms with van der Waals surface area (Å²) in [5.41, 5.74) is 10.6. The maximum absolute atomic E-state index is 13.4. The van der Waals surface area contributed by atoms with Gasteiger partial charge in [-0.15, -0.1) is 0 Å². The lowest BCUT2D eigenvalue weighted by Crippen LogP contribution is -2.51. The number of carbonyl (C=O) groups is 1. The number of amides is 1. The molecular formula is C32H47N5O5. The van der Waals surface area contributed by atoms with Gasteiger partial charge in [0.1, 0.15) is 5.69 Å². The molecular weight excluding hydrogens is 534 g/mol. The highest BCUT2D eigenvalue weighted by Gasteiger charge is 2.28. The minimum atomic E-state index is -0.0677. The van der Waals surface area contributed by atoms with Gasteiger partial charge in [0.2, 0.25) is 5.88 Å². The predicted molar refractivity (Wildman–Crippen MR) is 162 cm³/mol. The van der Waals surface area contributed by atoms with Gasteiger partial charge in [-0.3, -0.25) is 15.6 Å². The summed E-state index contributed by atoms with van der Waals surface area (Å²) in [6.07, 6.45) is 6.24. The van der Waals surface area contributed by atoms with Crippen LogP contribution in [0.25, 0.3) is 0 Å². The van der Waals surface area contributed by atoms with Gasteiger partial charge in [-0.05, 0) is 57.1 Å². The van der Waals surface area contributed by atoms with E-state index in [0.717, 1.165) is 57.4 Å². The summed E-state index contributed by atoms with van der Waals surface area (Å²) in [6.45, 7) is 6.38. The van der Waals surface area contributed by atoms with Crippen LogP contribution in [-0.2, 0) is 14.2 Å². The number of aryl methyl sites for hydroxylation is 1. The van der Waals surface area contributed by atoms with E-state index in [4.69, 9.17) is 18.9 Å². The Morgan fingerprint density at radius 3 is 2.62 bits per heavy atom. The molecule has 0 radical (unpaired) electrons. The molecule has 4 heterocycles. The second-order valence-corrected chi connectivity index (χ2v) is 11.7. The standard InChI is InChI=1S/C32H47N5O5/c1-22-7-9-23(10-8-22)29-6-4-5-27(42-29)20-33-26-17-28(35-31(18-26)40-3)32(38)37-14-11-25(12-15-37)36-34-19-24-13-16-41-21-30(24)39-2/h7-10,17-18,24-25,27,29-30,34,36H,4-6,11-16,19-21H2,1-3H3,(H,33,35). The van der Waals surface area contributed by atoms with Crippen LogP contribution in [0.2, 0.25) is 0 Å². The molecule has 10 nitrogen and oxygen atoms in total. The van der Waals surface area contributed by atoms with Gasteiger partial charge in [-0.2, -0.15) is 0 Å². The van der Waals surface area contributed by atoms with E-state index >= 15 is 0 Å². The van der Waals surface area contributed by atoms with Gasteiger partial charge in [0.25, 0.3) is 5.91 Å². The number of hydrogen-bond acceptors (Lipinski definition) is 9. The smallest absolute Gasteiger partial charge is 0.272 e. The van der Waals surface area contributed by atoms with Gasteiger partial charge in [0.15, 0.2) is 0 Å². The summed E-state index contributed by atoms with van der Waals surface area (Å²) in [7, 11) is 3.33. The van der Waals surface area contributed by atoms with Crippen LogP contribution >= 0.6 is 0 Å². The summed E-state index contributed by atoms with van der Waals surface area (Å²) in [6, 6.07) is 12.6. The van der Waals surface area contributed by atoms with Crippen LogP contribution < -0.4 is 20.9 Å². The van der Waals surface area contributed by atoms with Crippen LogP contribution in [0.5, 0.6) is 5.88 Å². The molecule has 0 aliphatic carbocycles. The molecule has 0 spiro atoms. The lowest BCUT2D eigenvalue weighted by molar-refractivity contribution is -0.0655. The Morgan fingerprint density at radius 2 is 1.86 bits per heavy atom. The van der Waals surface area contributed by atoms with E-state index in [9.17, 15) is 4.79 Å². The lowest BCUT2D eigenvalue weighted by Gasteiger charge is -2.34. The fourth-order valence-corrected chi connectivity index (χ4v) is 6.10. The number of piperidine rings is 1. The number of carbonyl (C=O) groups excluding carboxylic acids is 1. The lowest BCUT2D eigenvalue weighted by atomic mass is 9.97. The molecule has 0 bridgehead atoms. The Bertz CT molecular complexity index is 1140. The van der Waals surface area contributed by atoms with Crippen molar-refractivity contribution in [2.45, 2.75) is 69.8 Å². The predicted octanol–water partition coefficient (Wildman–Crippen LogP) is 3.87. The van der Waals surface area contributed by atoms with E-state index in [2.05, 4.69) is 52.3 Å². The number of hydrogen-bond donors (Lipinski definition) is 3. The van der Waals surface area contributed by atoms with E-state index in [1.54, 1.807) is 14.2 Å². The number of nitrogens with one attached hydrogen (secondary N) is 3. The number of rotatable bonds is 11. The first kappa shape index (κ1) is 30.7. The summed E-state index contributed by atoms with van der Waals surface area (Å²) in [4.78, 5) is 19.8. The molecule has 1 aromatic carbocycles. The number of methoxy groups -OCH3 is 2. The normalized spacial score (nSPS) is 25.3. The summed E-state index contributed by atoms with van der Waals surface area (Å²) < 4.78 is 23.0. The number of aromatic nitrogens is 1. The quantitative estimate of drug-likeness (QED) is 0.341. The van der Waals surface area contributed by atoms with Crippen molar-refractivity contribution in [3.63, 3.8) is 0 Å². The second-order valence-electron chi connectivity index (χ2n) is 11.7. The summed E-state index contributed by atoms with van der Waals surface area (Å²) in [5.74, 6) is 0.787. The van der Waals surface area contributed by atoms with Crippen LogP contribution in [0.1, 0.15) is 66.2 Å². The zero-order chi connectivity index (χ0) is 29.3. The zero-order valence-corrected chi connectivity index (χ0v) is 25.3. The molecule has 10 heteroatoms. The van der Waals surface area contributed by atoms with Gasteiger partial charge in [0, 0.05) is 63.6 Å². The minimum absolute atomic E-state index is 0.0677. The van der Waals surface area contributed by atoms with Crippen molar-refractivity contribution in [2.24, 2.45) is 5.92 Å². The highest BCUT2D eigenvalue weighted by molar-refractivity contribution is 5.93. The molecule has 5 rings (SSSR count). The highest BCUT2D eigenvalue weighted by Crippen LogP contribution is 2.32. The van der Waals surface area contributed by atoms with Crippen molar-refractivity contribution in [3.8, 4) is 5.88 Å². The van der Waals surface area contributed by atoms with Crippen molar-refractivity contribution in [3.05, 3.63) is 53.2 Å². The maximum atomic E-state index is 13.4. The van der Waals surface area contributed by atoms with E-state index in [0.29, 0.717) is 49.8 Å². The number of benzene rings is 1. The summed E-state index contributed by atoms with van der Waals surface area (Å²) >= 11 is 0. The molecule has 0 saturated carbocycles. The Kier molecular flexibility index (Phi) is 11.0. The van der Waals surface area contributed by atoms with Crippen molar-refractivity contribution < 1.29 is 23.7 Å².